The molecule has 0 amide bonds. The van der Waals surface area contributed by atoms with E-state index in [1.54, 1.807) is 0 Å². The van der Waals surface area contributed by atoms with Crippen molar-refractivity contribution in [2.24, 2.45) is 5.73 Å². The van der Waals surface area contributed by atoms with Crippen LogP contribution in [0.3, 0.4) is 0 Å². The molecular formula is C9H8Cl2F2N2. The van der Waals surface area contributed by atoms with Crippen LogP contribution < -0.4 is 5.73 Å². The van der Waals surface area contributed by atoms with Crippen LogP contribution in [0.5, 0.6) is 0 Å². The molecule has 0 saturated heterocycles. The first-order valence-electron chi connectivity index (χ1n) is 4.31. The molecule has 0 aromatic carbocycles. The Bertz CT molecular complexity index is 401. The van der Waals surface area contributed by atoms with E-state index in [-0.39, 0.29) is 5.02 Å². The van der Waals surface area contributed by atoms with Crippen LogP contribution in [0.4, 0.5) is 8.78 Å². The Morgan fingerprint density at radius 1 is 1.33 bits per heavy atom. The van der Waals surface area contributed by atoms with Crippen molar-refractivity contribution in [2.75, 3.05) is 0 Å². The Morgan fingerprint density at radius 2 is 1.93 bits per heavy atom. The molecule has 2 N–H and O–H groups in total. The predicted octanol–water partition coefficient (Wildman–Crippen LogP) is 2.97. The Balaban J connectivity index is 2.32. The zero-order chi connectivity index (χ0) is 11.3. The number of nitrogens with two attached hydrogens (primary N) is 1. The van der Waals surface area contributed by atoms with Crippen molar-refractivity contribution in [3.63, 3.8) is 0 Å². The molecule has 0 atom stereocenters. The summed E-state index contributed by atoms with van der Waals surface area (Å²) in [6.45, 7) is 0. The van der Waals surface area contributed by atoms with Gasteiger partial charge in [-0.2, -0.15) is 0 Å². The number of rotatable bonds is 1. The largest absolute Gasteiger partial charge is 0.320 e. The van der Waals surface area contributed by atoms with Crippen molar-refractivity contribution in [3.05, 3.63) is 28.0 Å². The topological polar surface area (TPSA) is 38.9 Å². The lowest BCUT2D eigenvalue weighted by molar-refractivity contribution is -0.126. The molecule has 0 aliphatic heterocycles. The van der Waals surface area contributed by atoms with Crippen molar-refractivity contribution in [1.29, 1.82) is 0 Å². The van der Waals surface area contributed by atoms with Gasteiger partial charge in [0, 0.05) is 19.0 Å². The van der Waals surface area contributed by atoms with Gasteiger partial charge in [0.25, 0.3) is 5.92 Å². The fourth-order valence-electron chi connectivity index (χ4n) is 1.82. The maximum Gasteiger partial charge on any atom is 0.252 e. The fourth-order valence-corrected chi connectivity index (χ4v) is 2.39. The first-order chi connectivity index (χ1) is 6.82. The van der Waals surface area contributed by atoms with Gasteiger partial charge in [0.15, 0.2) is 0 Å². The van der Waals surface area contributed by atoms with Gasteiger partial charge in [0.05, 0.1) is 21.3 Å². The van der Waals surface area contributed by atoms with Crippen LogP contribution in [0.15, 0.2) is 12.3 Å². The van der Waals surface area contributed by atoms with Gasteiger partial charge in [-0.15, -0.1) is 0 Å². The normalized spacial score (nSPS) is 22.2. The summed E-state index contributed by atoms with van der Waals surface area (Å²) in [6.07, 6.45) is 0.510. The van der Waals surface area contributed by atoms with E-state index >= 15 is 0 Å². The van der Waals surface area contributed by atoms with E-state index in [9.17, 15) is 8.78 Å². The fraction of sp³-hybridized carbons (Fsp3) is 0.444. The lowest BCUT2D eigenvalue weighted by atomic mass is 9.72. The summed E-state index contributed by atoms with van der Waals surface area (Å²) in [6, 6.07) is 1.45. The van der Waals surface area contributed by atoms with Crippen LogP contribution >= 0.6 is 23.2 Å². The first-order valence-corrected chi connectivity index (χ1v) is 5.06. The summed E-state index contributed by atoms with van der Waals surface area (Å²) in [4.78, 5) is 3.91. The number of alkyl halides is 2. The van der Waals surface area contributed by atoms with Crippen molar-refractivity contribution < 1.29 is 8.78 Å². The lowest BCUT2D eigenvalue weighted by Crippen LogP contribution is -2.56. The molecule has 0 spiro atoms. The second kappa shape index (κ2) is 3.27. The molecule has 1 aliphatic carbocycles. The van der Waals surface area contributed by atoms with Gasteiger partial charge in [-0.25, -0.2) is 8.78 Å². The van der Waals surface area contributed by atoms with E-state index in [0.717, 1.165) is 0 Å². The van der Waals surface area contributed by atoms with Gasteiger partial charge in [0.2, 0.25) is 0 Å². The van der Waals surface area contributed by atoms with E-state index < -0.39 is 24.3 Å². The maximum absolute atomic E-state index is 12.8. The monoisotopic (exact) mass is 252 g/mol. The third-order valence-electron chi connectivity index (χ3n) is 2.43. The van der Waals surface area contributed by atoms with Crippen LogP contribution in [0.1, 0.15) is 18.5 Å². The molecule has 1 saturated carbocycles. The van der Waals surface area contributed by atoms with Gasteiger partial charge >= 0.3 is 0 Å². The number of halogens is 4. The number of pyridine rings is 1. The third kappa shape index (κ3) is 1.94. The molecule has 1 fully saturated rings. The van der Waals surface area contributed by atoms with Gasteiger partial charge < -0.3 is 5.73 Å². The van der Waals surface area contributed by atoms with E-state index in [1.807, 2.05) is 0 Å². The minimum atomic E-state index is -2.71. The summed E-state index contributed by atoms with van der Waals surface area (Å²) in [5.41, 5.74) is 4.95. The highest BCUT2D eigenvalue weighted by Crippen LogP contribution is 2.50. The molecule has 1 aromatic rings. The van der Waals surface area contributed by atoms with E-state index in [4.69, 9.17) is 28.9 Å². The summed E-state index contributed by atoms with van der Waals surface area (Å²) in [5, 5.41) is 0.596. The lowest BCUT2D eigenvalue weighted by Gasteiger charge is -2.44. The van der Waals surface area contributed by atoms with Crippen LogP contribution in [0.25, 0.3) is 0 Å². The van der Waals surface area contributed by atoms with Gasteiger partial charge in [-0.3, -0.25) is 4.98 Å². The molecule has 0 unspecified atom stereocenters. The average molecular weight is 253 g/mol. The third-order valence-corrected chi connectivity index (χ3v) is 2.92. The number of hydrogen-bond acceptors (Lipinski definition) is 2. The SMILES string of the molecule is NC1(c2ncc(Cl)cc2Cl)CC(F)(F)C1. The quantitative estimate of drug-likeness (QED) is 0.835. The highest BCUT2D eigenvalue weighted by molar-refractivity contribution is 6.34. The minimum absolute atomic E-state index is 0.237. The van der Waals surface area contributed by atoms with E-state index in [0.29, 0.717) is 10.7 Å². The molecule has 1 aliphatic rings. The van der Waals surface area contributed by atoms with Crippen molar-refractivity contribution >= 4 is 23.2 Å². The molecule has 15 heavy (non-hydrogen) atoms. The number of aromatic nitrogens is 1. The van der Waals surface area contributed by atoms with Crippen LogP contribution in [-0.2, 0) is 5.54 Å². The molecule has 0 radical (unpaired) electrons. The van der Waals surface area contributed by atoms with Crippen molar-refractivity contribution in [1.82, 2.24) is 4.98 Å². The van der Waals surface area contributed by atoms with Gasteiger partial charge in [0.1, 0.15) is 0 Å². The van der Waals surface area contributed by atoms with Gasteiger partial charge in [-0.1, -0.05) is 23.2 Å². The van der Waals surface area contributed by atoms with Gasteiger partial charge in [-0.05, 0) is 6.07 Å². The Morgan fingerprint density at radius 3 is 2.40 bits per heavy atom. The van der Waals surface area contributed by atoms with Crippen molar-refractivity contribution in [3.8, 4) is 0 Å². The second-order valence-electron chi connectivity index (χ2n) is 3.85. The Labute approximate surface area is 95.4 Å². The highest BCUT2D eigenvalue weighted by Gasteiger charge is 2.56. The summed E-state index contributed by atoms with van der Waals surface area (Å²) >= 11 is 11.5. The molecule has 82 valence electrons. The number of hydrogen-bond donors (Lipinski definition) is 1. The highest BCUT2D eigenvalue weighted by atomic mass is 35.5. The summed E-state index contributed by atoms with van der Waals surface area (Å²) < 4.78 is 25.5. The average Bonchev–Trinajstić information content (AvgIpc) is 1.98. The number of nitrogens with zero attached hydrogens (tertiary/aromatic N) is 1. The maximum atomic E-state index is 12.8. The van der Waals surface area contributed by atoms with Crippen LogP contribution in [0.2, 0.25) is 10.0 Å². The first kappa shape index (κ1) is 11.0. The minimum Gasteiger partial charge on any atom is -0.320 e. The summed E-state index contributed by atoms with van der Waals surface area (Å²) in [5.74, 6) is -2.71. The molecular weight excluding hydrogens is 245 g/mol. The summed E-state index contributed by atoms with van der Waals surface area (Å²) in [7, 11) is 0. The zero-order valence-corrected chi connectivity index (χ0v) is 9.12. The van der Waals surface area contributed by atoms with Crippen LogP contribution in [-0.4, -0.2) is 10.9 Å². The Kier molecular flexibility index (Phi) is 2.41. The van der Waals surface area contributed by atoms with Crippen molar-refractivity contribution in [2.45, 2.75) is 24.3 Å². The molecule has 6 heteroatoms. The Hall–Kier alpha value is -0.450. The molecule has 0 bridgehead atoms. The predicted molar refractivity (Wildman–Crippen MR) is 54.3 cm³/mol. The van der Waals surface area contributed by atoms with Crippen LogP contribution in [0, 0.1) is 0 Å². The molecule has 1 heterocycles. The molecule has 2 rings (SSSR count). The second-order valence-corrected chi connectivity index (χ2v) is 4.69. The van der Waals surface area contributed by atoms with E-state index in [2.05, 4.69) is 4.98 Å². The molecule has 1 aromatic heterocycles. The standard InChI is InChI=1S/C9H8Cl2F2N2/c10-5-1-6(11)7(15-2-5)8(14)3-9(12,13)4-8/h1-2H,3-4,14H2. The van der Waals surface area contributed by atoms with E-state index in [1.165, 1.54) is 12.3 Å². The molecule has 2 nitrogen and oxygen atoms in total. The smallest absolute Gasteiger partial charge is 0.252 e. The zero-order valence-electron chi connectivity index (χ0n) is 7.61.